The molecule has 0 aliphatic heterocycles. The number of H-pyrrole nitrogens is 1. The molecule has 0 unspecified atom stereocenters. The van der Waals surface area contributed by atoms with E-state index in [1.54, 1.807) is 0 Å². The fraction of sp³-hybridized carbons (Fsp3) is 0.143. The highest BCUT2D eigenvalue weighted by Crippen LogP contribution is 2.28. The lowest BCUT2D eigenvalue weighted by atomic mass is 10.3. The molecule has 0 aliphatic rings. The lowest BCUT2D eigenvalue weighted by molar-refractivity contribution is -0.141. The first-order valence-corrected chi connectivity index (χ1v) is 3.95. The van der Waals surface area contributed by atoms with Crippen LogP contribution in [0.2, 0.25) is 0 Å². The summed E-state index contributed by atoms with van der Waals surface area (Å²) in [4.78, 5) is 5.84. The number of aromatic nitrogens is 2. The van der Waals surface area contributed by atoms with Gasteiger partial charge in [-0.1, -0.05) is 0 Å². The van der Waals surface area contributed by atoms with E-state index in [0.717, 1.165) is 6.07 Å². The van der Waals surface area contributed by atoms with E-state index in [-0.39, 0.29) is 10.6 Å². The fourth-order valence-corrected chi connectivity index (χ4v) is 1.18. The number of hydrogen-bond donors (Lipinski definition) is 1. The molecule has 0 amide bonds. The van der Waals surface area contributed by atoms with Crippen molar-refractivity contribution in [2.24, 2.45) is 0 Å². The molecule has 0 fully saturated rings. The van der Waals surface area contributed by atoms with Crippen LogP contribution >= 0.6 is 12.2 Å². The van der Waals surface area contributed by atoms with Gasteiger partial charge in [-0.3, -0.25) is 0 Å². The van der Waals surface area contributed by atoms with Crippen molar-refractivity contribution in [2.75, 3.05) is 0 Å². The smallest absolute Gasteiger partial charge is 0.410 e. The molecule has 0 aromatic carbocycles. The molecular weight excluding hydrogens is 217 g/mol. The van der Waals surface area contributed by atoms with Crippen molar-refractivity contribution in [1.29, 1.82) is 0 Å². The largest absolute Gasteiger partial charge is 0.433 e. The molecule has 2 aromatic heterocycles. The third-order valence-electron chi connectivity index (χ3n) is 1.58. The van der Waals surface area contributed by atoms with Crippen molar-refractivity contribution in [1.82, 2.24) is 9.97 Å². The Morgan fingerprint density at radius 2 is 2.07 bits per heavy atom. The third kappa shape index (κ3) is 1.50. The van der Waals surface area contributed by atoms with Gasteiger partial charge in [0.25, 0.3) is 4.84 Å². The van der Waals surface area contributed by atoms with Crippen molar-refractivity contribution >= 4 is 23.4 Å². The van der Waals surface area contributed by atoms with Crippen LogP contribution in [0.5, 0.6) is 0 Å². The summed E-state index contributed by atoms with van der Waals surface area (Å²) in [6, 6.07) is 2.09. The Morgan fingerprint density at radius 3 is 2.71 bits per heavy atom. The molecule has 2 rings (SSSR count). The highest BCUT2D eigenvalue weighted by molar-refractivity contribution is 7.71. The van der Waals surface area contributed by atoms with Gasteiger partial charge in [-0.25, -0.2) is 4.98 Å². The second-order valence-electron chi connectivity index (χ2n) is 2.56. The van der Waals surface area contributed by atoms with Crippen LogP contribution < -0.4 is 0 Å². The number of rotatable bonds is 0. The molecule has 74 valence electrons. The van der Waals surface area contributed by atoms with E-state index in [1.807, 2.05) is 0 Å². The lowest BCUT2D eigenvalue weighted by Gasteiger charge is -2.03. The molecule has 3 nitrogen and oxygen atoms in total. The van der Waals surface area contributed by atoms with Crippen LogP contribution in [0.25, 0.3) is 11.2 Å². The average Bonchev–Trinajstić information content (AvgIpc) is 2.41. The molecule has 0 atom stereocenters. The maximum absolute atomic E-state index is 12.2. The van der Waals surface area contributed by atoms with Gasteiger partial charge in [0.2, 0.25) is 5.71 Å². The molecule has 14 heavy (non-hydrogen) atoms. The molecule has 1 N–H and O–H groups in total. The number of alkyl halides is 3. The number of nitrogens with one attached hydrogen (secondary N) is 1. The van der Waals surface area contributed by atoms with Crippen molar-refractivity contribution in [3.63, 3.8) is 0 Å². The zero-order chi connectivity index (χ0) is 10.3. The predicted molar refractivity (Wildman–Crippen MR) is 44.2 cm³/mol. The molecule has 0 spiro atoms. The van der Waals surface area contributed by atoms with Crippen LogP contribution in [0.4, 0.5) is 13.2 Å². The minimum atomic E-state index is -4.47. The maximum atomic E-state index is 12.2. The maximum Gasteiger partial charge on any atom is 0.433 e. The first-order valence-electron chi connectivity index (χ1n) is 3.54. The number of fused-ring (bicyclic) bond motifs is 1. The van der Waals surface area contributed by atoms with Gasteiger partial charge >= 0.3 is 6.18 Å². The van der Waals surface area contributed by atoms with E-state index in [0.29, 0.717) is 5.52 Å². The van der Waals surface area contributed by atoms with Crippen LogP contribution in [-0.4, -0.2) is 9.97 Å². The van der Waals surface area contributed by atoms with Crippen LogP contribution in [0.1, 0.15) is 5.69 Å². The van der Waals surface area contributed by atoms with Gasteiger partial charge in [0.1, 0.15) is 11.2 Å². The topological polar surface area (TPSA) is 41.8 Å². The van der Waals surface area contributed by atoms with Gasteiger partial charge in [-0.2, -0.15) is 13.2 Å². The van der Waals surface area contributed by atoms with Gasteiger partial charge < -0.3 is 9.40 Å². The van der Waals surface area contributed by atoms with Gasteiger partial charge in [-0.05, 0) is 24.4 Å². The summed E-state index contributed by atoms with van der Waals surface area (Å²) in [6.07, 6.45) is -4.47. The number of pyridine rings is 1. The van der Waals surface area contributed by atoms with Crippen LogP contribution in [-0.2, 0) is 6.18 Å². The summed E-state index contributed by atoms with van der Waals surface area (Å²) in [6.45, 7) is 0. The normalized spacial score (nSPS) is 12.2. The number of nitrogens with zero attached hydrogens (tertiary/aromatic N) is 1. The number of hydrogen-bond acceptors (Lipinski definition) is 3. The summed E-state index contributed by atoms with van der Waals surface area (Å²) in [5.74, 6) is 0. The third-order valence-corrected chi connectivity index (χ3v) is 1.76. The monoisotopic (exact) mass is 220 g/mol. The van der Waals surface area contributed by atoms with Crippen LogP contribution in [0.15, 0.2) is 16.5 Å². The first-order chi connectivity index (χ1) is 6.47. The first kappa shape index (κ1) is 9.20. The molecule has 0 aliphatic carbocycles. The molecule has 0 saturated heterocycles. The zero-order valence-electron chi connectivity index (χ0n) is 6.55. The Bertz CT molecular complexity index is 527. The molecule has 0 bridgehead atoms. The summed E-state index contributed by atoms with van der Waals surface area (Å²) in [7, 11) is 0. The van der Waals surface area contributed by atoms with E-state index in [9.17, 15) is 13.2 Å². The van der Waals surface area contributed by atoms with Crippen molar-refractivity contribution < 1.29 is 17.6 Å². The summed E-state index contributed by atoms with van der Waals surface area (Å²) in [5.41, 5.74) is -0.782. The van der Waals surface area contributed by atoms with Crippen LogP contribution in [0.3, 0.4) is 0 Å². The standard InChI is InChI=1S/C7H3F3N2OS/c8-7(9,10)4-2-1-3-5(12-4)13-6(14)11-3/h1-2H,(H,11,14). The van der Waals surface area contributed by atoms with Crippen molar-refractivity contribution in [2.45, 2.75) is 6.18 Å². The molecule has 7 heteroatoms. The minimum Gasteiger partial charge on any atom is -0.410 e. The average molecular weight is 220 g/mol. The Hall–Kier alpha value is -1.37. The summed E-state index contributed by atoms with van der Waals surface area (Å²) < 4.78 is 41.3. The quantitative estimate of drug-likeness (QED) is 0.694. The highest BCUT2D eigenvalue weighted by Gasteiger charge is 2.32. The fourth-order valence-electron chi connectivity index (χ4n) is 0.995. The number of halogens is 3. The van der Waals surface area contributed by atoms with Crippen LogP contribution in [0, 0.1) is 4.84 Å². The van der Waals surface area contributed by atoms with Gasteiger partial charge in [-0.15, -0.1) is 0 Å². The van der Waals surface area contributed by atoms with Crippen molar-refractivity contribution in [3.05, 3.63) is 22.7 Å². The molecular formula is C7H3F3N2OS. The Morgan fingerprint density at radius 1 is 1.36 bits per heavy atom. The number of aromatic amines is 1. The summed E-state index contributed by atoms with van der Waals surface area (Å²) in [5, 5.41) is 0. The van der Waals surface area contributed by atoms with Gasteiger partial charge in [0, 0.05) is 0 Å². The molecule has 0 radical (unpaired) electrons. The van der Waals surface area contributed by atoms with Gasteiger partial charge in [0.05, 0.1) is 0 Å². The SMILES string of the molecule is FC(F)(F)c1ccc2[nH]c(=S)oc2n1. The lowest BCUT2D eigenvalue weighted by Crippen LogP contribution is -2.07. The molecule has 2 heterocycles. The zero-order valence-corrected chi connectivity index (χ0v) is 7.37. The molecule has 2 aromatic rings. The van der Waals surface area contributed by atoms with E-state index < -0.39 is 11.9 Å². The van der Waals surface area contributed by atoms with E-state index in [1.165, 1.54) is 6.07 Å². The highest BCUT2D eigenvalue weighted by atomic mass is 32.1. The second-order valence-corrected chi connectivity index (χ2v) is 2.93. The number of oxazole rings is 1. The van der Waals surface area contributed by atoms with Gasteiger partial charge in [0.15, 0.2) is 0 Å². The van der Waals surface area contributed by atoms with E-state index >= 15 is 0 Å². The van der Waals surface area contributed by atoms with Crippen molar-refractivity contribution in [3.8, 4) is 0 Å². The summed E-state index contributed by atoms with van der Waals surface area (Å²) >= 11 is 4.61. The second kappa shape index (κ2) is 2.81. The Balaban J connectivity index is 2.67. The predicted octanol–water partition coefficient (Wildman–Crippen LogP) is 2.90. The van der Waals surface area contributed by atoms with E-state index in [4.69, 9.17) is 4.42 Å². The minimum absolute atomic E-state index is 0.00632. The molecule has 0 saturated carbocycles. The van der Waals surface area contributed by atoms with E-state index in [2.05, 4.69) is 22.2 Å². The Labute approximate surface area is 80.6 Å². The Kier molecular flexibility index (Phi) is 1.84.